The van der Waals surface area contributed by atoms with Crippen molar-refractivity contribution in [3.05, 3.63) is 16.1 Å². The summed E-state index contributed by atoms with van der Waals surface area (Å²) >= 11 is 1.30. The van der Waals surface area contributed by atoms with Crippen LogP contribution in [0.4, 0.5) is 0 Å². The fourth-order valence-electron chi connectivity index (χ4n) is 2.00. The van der Waals surface area contributed by atoms with Crippen LogP contribution in [0.3, 0.4) is 0 Å². The number of nitrogens with zero attached hydrogens (tertiary/aromatic N) is 1. The van der Waals surface area contributed by atoms with Crippen LogP contribution in [0.25, 0.3) is 0 Å². The molecule has 0 saturated heterocycles. The Morgan fingerprint density at radius 1 is 1.72 bits per heavy atom. The Labute approximate surface area is 110 Å². The SMILES string of the molecule is COCc1ncsc1C(=O)NC(C)(CO)C1CC1. The van der Waals surface area contributed by atoms with Crippen LogP contribution >= 0.6 is 11.3 Å². The third kappa shape index (κ3) is 2.71. The van der Waals surface area contributed by atoms with E-state index in [2.05, 4.69) is 10.3 Å². The summed E-state index contributed by atoms with van der Waals surface area (Å²) in [6.45, 7) is 2.17. The Bertz CT molecular complexity index is 431. The van der Waals surface area contributed by atoms with Gasteiger partial charge in [0.05, 0.1) is 30.0 Å². The molecule has 1 unspecified atom stereocenters. The highest BCUT2D eigenvalue weighted by Gasteiger charge is 2.42. The zero-order valence-corrected chi connectivity index (χ0v) is 11.4. The molecule has 0 aromatic carbocycles. The molecule has 1 aromatic heterocycles. The molecule has 0 aliphatic heterocycles. The van der Waals surface area contributed by atoms with Gasteiger partial charge in [-0.15, -0.1) is 11.3 Å². The zero-order chi connectivity index (χ0) is 13.2. The lowest BCUT2D eigenvalue weighted by Crippen LogP contribution is -2.50. The molecule has 1 aromatic rings. The van der Waals surface area contributed by atoms with Crippen LogP contribution in [0, 0.1) is 5.92 Å². The van der Waals surface area contributed by atoms with Crippen molar-refractivity contribution in [1.29, 1.82) is 0 Å². The first-order valence-corrected chi connectivity index (χ1v) is 6.83. The highest BCUT2D eigenvalue weighted by atomic mass is 32.1. The van der Waals surface area contributed by atoms with Crippen LogP contribution in [0.5, 0.6) is 0 Å². The second kappa shape index (κ2) is 5.34. The summed E-state index contributed by atoms with van der Waals surface area (Å²) in [6, 6.07) is 0. The van der Waals surface area contributed by atoms with E-state index in [4.69, 9.17) is 4.74 Å². The third-order valence-corrected chi connectivity index (χ3v) is 4.20. The predicted molar refractivity (Wildman–Crippen MR) is 68.5 cm³/mol. The monoisotopic (exact) mass is 270 g/mol. The molecule has 1 aliphatic carbocycles. The van der Waals surface area contributed by atoms with Gasteiger partial charge in [-0.05, 0) is 25.7 Å². The number of hydrogen-bond donors (Lipinski definition) is 2. The molecule has 1 amide bonds. The van der Waals surface area contributed by atoms with Crippen molar-refractivity contribution in [2.75, 3.05) is 13.7 Å². The minimum Gasteiger partial charge on any atom is -0.394 e. The maximum atomic E-state index is 12.2. The lowest BCUT2D eigenvalue weighted by Gasteiger charge is -2.28. The van der Waals surface area contributed by atoms with Gasteiger partial charge in [0.2, 0.25) is 0 Å². The first-order chi connectivity index (χ1) is 8.60. The van der Waals surface area contributed by atoms with Gasteiger partial charge < -0.3 is 15.2 Å². The summed E-state index contributed by atoms with van der Waals surface area (Å²) in [5.41, 5.74) is 1.76. The smallest absolute Gasteiger partial charge is 0.263 e. The number of aliphatic hydroxyl groups excluding tert-OH is 1. The molecule has 0 radical (unpaired) electrons. The molecule has 1 heterocycles. The first-order valence-electron chi connectivity index (χ1n) is 5.95. The minimum absolute atomic E-state index is 0.0399. The molecular formula is C12H18N2O3S. The normalized spacial score (nSPS) is 18.4. The molecule has 0 bridgehead atoms. The van der Waals surface area contributed by atoms with E-state index in [1.54, 1.807) is 12.6 Å². The zero-order valence-electron chi connectivity index (χ0n) is 10.6. The second-order valence-corrected chi connectivity index (χ2v) is 5.72. The van der Waals surface area contributed by atoms with Crippen molar-refractivity contribution in [3.8, 4) is 0 Å². The molecule has 1 atom stereocenters. The summed E-state index contributed by atoms with van der Waals surface area (Å²) in [5.74, 6) is 0.207. The van der Waals surface area contributed by atoms with Gasteiger partial charge in [0.1, 0.15) is 4.88 Å². The maximum Gasteiger partial charge on any atom is 0.263 e. The van der Waals surface area contributed by atoms with Crippen LogP contribution in [0.15, 0.2) is 5.51 Å². The number of aliphatic hydroxyl groups is 1. The number of aromatic nitrogens is 1. The summed E-state index contributed by atoms with van der Waals surface area (Å²) in [5, 5.41) is 12.4. The molecule has 5 nitrogen and oxygen atoms in total. The standard InChI is InChI=1S/C12H18N2O3S/c1-12(6-15,8-3-4-8)14-11(16)10-9(5-17-2)13-7-18-10/h7-8,15H,3-6H2,1-2H3,(H,14,16). The van der Waals surface area contributed by atoms with Gasteiger partial charge in [-0.2, -0.15) is 0 Å². The highest BCUT2D eigenvalue weighted by molar-refractivity contribution is 7.11. The van der Waals surface area contributed by atoms with Crippen LogP contribution < -0.4 is 5.32 Å². The van der Waals surface area contributed by atoms with E-state index >= 15 is 0 Å². The molecule has 0 spiro atoms. The van der Waals surface area contributed by atoms with Gasteiger partial charge in [0, 0.05) is 7.11 Å². The number of thiazole rings is 1. The van der Waals surface area contributed by atoms with Crippen LogP contribution in [0.1, 0.15) is 35.1 Å². The van der Waals surface area contributed by atoms with Gasteiger partial charge in [-0.25, -0.2) is 4.98 Å². The van der Waals surface area contributed by atoms with Crippen molar-refractivity contribution in [1.82, 2.24) is 10.3 Å². The van der Waals surface area contributed by atoms with Gasteiger partial charge >= 0.3 is 0 Å². The lowest BCUT2D eigenvalue weighted by atomic mass is 9.97. The third-order valence-electron chi connectivity index (χ3n) is 3.33. The largest absolute Gasteiger partial charge is 0.394 e. The van der Waals surface area contributed by atoms with Crippen LogP contribution in [-0.2, 0) is 11.3 Å². The van der Waals surface area contributed by atoms with E-state index < -0.39 is 5.54 Å². The van der Waals surface area contributed by atoms with Gasteiger partial charge in [0.15, 0.2) is 0 Å². The summed E-state index contributed by atoms with van der Waals surface area (Å²) < 4.78 is 5.01. The molecule has 6 heteroatoms. The molecule has 100 valence electrons. The number of methoxy groups -OCH3 is 1. The van der Waals surface area contributed by atoms with Gasteiger partial charge in [-0.3, -0.25) is 4.79 Å². The average Bonchev–Trinajstić information content (AvgIpc) is 3.11. The Hall–Kier alpha value is -0.980. The molecular weight excluding hydrogens is 252 g/mol. The van der Waals surface area contributed by atoms with Crippen molar-refractivity contribution in [3.63, 3.8) is 0 Å². The van der Waals surface area contributed by atoms with Crippen molar-refractivity contribution in [2.24, 2.45) is 5.92 Å². The number of carbonyl (C=O) groups is 1. The van der Waals surface area contributed by atoms with E-state index in [1.807, 2.05) is 6.92 Å². The van der Waals surface area contributed by atoms with Gasteiger partial charge in [-0.1, -0.05) is 0 Å². The van der Waals surface area contributed by atoms with Crippen molar-refractivity contribution < 1.29 is 14.6 Å². The molecule has 1 aliphatic rings. The predicted octanol–water partition coefficient (Wildman–Crippen LogP) is 1.18. The second-order valence-electron chi connectivity index (χ2n) is 4.87. The highest BCUT2D eigenvalue weighted by Crippen LogP contribution is 2.39. The van der Waals surface area contributed by atoms with Crippen molar-refractivity contribution in [2.45, 2.75) is 31.9 Å². The Balaban J connectivity index is 2.08. The van der Waals surface area contributed by atoms with Gasteiger partial charge in [0.25, 0.3) is 5.91 Å². The fraction of sp³-hybridized carbons (Fsp3) is 0.667. The molecule has 2 rings (SSSR count). The number of amides is 1. The Morgan fingerprint density at radius 2 is 2.44 bits per heavy atom. The summed E-state index contributed by atoms with van der Waals surface area (Å²) in [4.78, 5) is 16.9. The van der Waals surface area contributed by atoms with Crippen molar-refractivity contribution >= 4 is 17.2 Å². The van der Waals surface area contributed by atoms with E-state index in [-0.39, 0.29) is 12.5 Å². The van der Waals surface area contributed by atoms with Crippen LogP contribution in [-0.4, -0.2) is 35.3 Å². The molecule has 1 saturated carbocycles. The number of hydrogen-bond acceptors (Lipinski definition) is 5. The Morgan fingerprint density at radius 3 is 3.00 bits per heavy atom. The van der Waals surface area contributed by atoms with Crippen LogP contribution in [0.2, 0.25) is 0 Å². The number of ether oxygens (including phenoxy) is 1. The molecule has 18 heavy (non-hydrogen) atoms. The number of nitrogens with one attached hydrogen (secondary N) is 1. The number of rotatable bonds is 6. The lowest BCUT2D eigenvalue weighted by molar-refractivity contribution is 0.0824. The molecule has 1 fully saturated rings. The summed E-state index contributed by atoms with van der Waals surface area (Å²) in [7, 11) is 1.57. The van der Waals surface area contributed by atoms with E-state index in [1.165, 1.54) is 11.3 Å². The fourth-order valence-corrected chi connectivity index (χ4v) is 2.69. The van der Waals surface area contributed by atoms with E-state index in [0.29, 0.717) is 23.1 Å². The quantitative estimate of drug-likeness (QED) is 0.814. The first kappa shape index (κ1) is 13.5. The topological polar surface area (TPSA) is 71.5 Å². The average molecular weight is 270 g/mol. The minimum atomic E-state index is -0.522. The summed E-state index contributed by atoms with van der Waals surface area (Å²) in [6.07, 6.45) is 2.12. The molecule has 2 N–H and O–H groups in total. The Kier molecular flexibility index (Phi) is 3.99. The van der Waals surface area contributed by atoms with E-state index in [9.17, 15) is 9.90 Å². The maximum absolute atomic E-state index is 12.2. The number of carbonyl (C=O) groups excluding carboxylic acids is 1. The van der Waals surface area contributed by atoms with E-state index in [0.717, 1.165) is 12.8 Å².